The maximum atomic E-state index is 9.89. The summed E-state index contributed by atoms with van der Waals surface area (Å²) in [5, 5.41) is 0.387. The standard InChI is InChI=1S/C7H7ClO/c1-6(5-9)3-4-7(2)8/h3-5H,1-2H2/b4-3-. The van der Waals surface area contributed by atoms with Crippen molar-refractivity contribution >= 4 is 17.9 Å². The highest BCUT2D eigenvalue weighted by atomic mass is 35.5. The first-order chi connectivity index (χ1) is 4.16. The third-order valence-electron chi connectivity index (χ3n) is 0.630. The van der Waals surface area contributed by atoms with E-state index in [0.717, 1.165) is 0 Å². The van der Waals surface area contributed by atoms with E-state index >= 15 is 0 Å². The normalized spacial score (nSPS) is 9.44. The number of allylic oxidation sites excluding steroid dienone is 4. The zero-order chi connectivity index (χ0) is 7.28. The van der Waals surface area contributed by atoms with Gasteiger partial charge in [-0.2, -0.15) is 0 Å². The van der Waals surface area contributed by atoms with E-state index in [1.165, 1.54) is 12.2 Å². The molecular weight excluding hydrogens is 136 g/mol. The van der Waals surface area contributed by atoms with Gasteiger partial charge in [0.2, 0.25) is 0 Å². The van der Waals surface area contributed by atoms with Gasteiger partial charge in [0.05, 0.1) is 0 Å². The first-order valence-corrected chi connectivity index (χ1v) is 2.71. The molecule has 0 rings (SSSR count). The van der Waals surface area contributed by atoms with Gasteiger partial charge in [0, 0.05) is 10.6 Å². The number of aldehydes is 1. The largest absolute Gasteiger partial charge is 0.298 e. The summed E-state index contributed by atoms with van der Waals surface area (Å²) in [4.78, 5) is 9.89. The Balaban J connectivity index is 3.85. The van der Waals surface area contributed by atoms with Crippen LogP contribution in [0.4, 0.5) is 0 Å². The lowest BCUT2D eigenvalue weighted by molar-refractivity contribution is -0.104. The molecule has 0 saturated heterocycles. The SMILES string of the molecule is C=C(Cl)/C=C\C(=C)C=O. The van der Waals surface area contributed by atoms with Gasteiger partial charge < -0.3 is 0 Å². The number of carbonyl (C=O) groups is 1. The van der Waals surface area contributed by atoms with Gasteiger partial charge in [0.25, 0.3) is 0 Å². The molecule has 0 spiro atoms. The molecule has 0 unspecified atom stereocenters. The molecular formula is C7H7ClO. The minimum atomic E-state index is 0.386. The Kier molecular flexibility index (Phi) is 3.72. The van der Waals surface area contributed by atoms with Crippen molar-refractivity contribution in [3.05, 3.63) is 35.9 Å². The van der Waals surface area contributed by atoms with Crippen molar-refractivity contribution < 1.29 is 4.79 Å². The molecule has 0 aromatic heterocycles. The zero-order valence-corrected chi connectivity index (χ0v) is 5.69. The second-order valence-corrected chi connectivity index (χ2v) is 1.96. The third-order valence-corrected chi connectivity index (χ3v) is 0.756. The molecule has 0 aliphatic rings. The summed E-state index contributed by atoms with van der Waals surface area (Å²) >= 11 is 5.34. The molecule has 0 aliphatic heterocycles. The van der Waals surface area contributed by atoms with Crippen LogP contribution in [0.5, 0.6) is 0 Å². The Hall–Kier alpha value is -0.820. The lowest BCUT2D eigenvalue weighted by atomic mass is 10.3. The van der Waals surface area contributed by atoms with Crippen LogP contribution in [0.15, 0.2) is 35.9 Å². The van der Waals surface area contributed by atoms with Crippen LogP contribution in [-0.2, 0) is 4.79 Å². The van der Waals surface area contributed by atoms with Gasteiger partial charge in [-0.25, -0.2) is 0 Å². The topological polar surface area (TPSA) is 17.1 Å². The maximum absolute atomic E-state index is 9.89. The smallest absolute Gasteiger partial charge is 0.149 e. The number of hydrogen-bond donors (Lipinski definition) is 0. The van der Waals surface area contributed by atoms with Crippen LogP contribution in [0.3, 0.4) is 0 Å². The number of halogens is 1. The van der Waals surface area contributed by atoms with E-state index in [9.17, 15) is 4.79 Å². The quantitative estimate of drug-likeness (QED) is 0.335. The Morgan fingerprint density at radius 3 is 2.22 bits per heavy atom. The fourth-order valence-corrected chi connectivity index (χ4v) is 0.300. The monoisotopic (exact) mass is 142 g/mol. The third kappa shape index (κ3) is 5.04. The van der Waals surface area contributed by atoms with Crippen LogP contribution >= 0.6 is 11.6 Å². The molecule has 0 aromatic rings. The van der Waals surface area contributed by atoms with Crippen LogP contribution in [-0.4, -0.2) is 6.29 Å². The summed E-state index contributed by atoms with van der Waals surface area (Å²) in [6.07, 6.45) is 3.66. The van der Waals surface area contributed by atoms with Gasteiger partial charge in [-0.3, -0.25) is 4.79 Å². The van der Waals surface area contributed by atoms with Crippen molar-refractivity contribution in [3.63, 3.8) is 0 Å². The minimum absolute atomic E-state index is 0.386. The molecule has 0 heterocycles. The number of hydrogen-bond acceptors (Lipinski definition) is 1. The summed E-state index contributed by atoms with van der Waals surface area (Å²) in [5.74, 6) is 0. The first kappa shape index (κ1) is 8.18. The molecule has 0 aromatic carbocycles. The molecule has 9 heavy (non-hydrogen) atoms. The Labute approximate surface area is 59.3 Å². The average Bonchev–Trinajstić information content (AvgIpc) is 1.83. The molecule has 2 heteroatoms. The summed E-state index contributed by atoms with van der Waals surface area (Å²) in [6.45, 7) is 6.77. The van der Waals surface area contributed by atoms with E-state index in [4.69, 9.17) is 11.6 Å². The molecule has 0 fully saturated rings. The highest BCUT2D eigenvalue weighted by Gasteiger charge is 1.80. The second-order valence-electron chi connectivity index (χ2n) is 1.47. The molecule has 0 aliphatic carbocycles. The lowest BCUT2D eigenvalue weighted by Crippen LogP contribution is -1.72. The first-order valence-electron chi connectivity index (χ1n) is 2.33. The summed E-state index contributed by atoms with van der Waals surface area (Å²) in [7, 11) is 0. The number of carbonyl (C=O) groups excluding carboxylic acids is 1. The van der Waals surface area contributed by atoms with Gasteiger partial charge in [-0.1, -0.05) is 30.8 Å². The van der Waals surface area contributed by atoms with E-state index in [1.54, 1.807) is 0 Å². The molecule has 0 radical (unpaired) electrons. The van der Waals surface area contributed by atoms with E-state index in [1.807, 2.05) is 0 Å². The Morgan fingerprint density at radius 1 is 1.33 bits per heavy atom. The summed E-state index contributed by atoms with van der Waals surface area (Å²) in [6, 6.07) is 0. The Morgan fingerprint density at radius 2 is 1.89 bits per heavy atom. The summed E-state index contributed by atoms with van der Waals surface area (Å²) < 4.78 is 0. The number of rotatable bonds is 3. The van der Waals surface area contributed by atoms with Gasteiger partial charge in [0.15, 0.2) is 0 Å². The van der Waals surface area contributed by atoms with E-state index < -0.39 is 0 Å². The summed E-state index contributed by atoms with van der Waals surface area (Å²) in [5.41, 5.74) is 0.386. The molecule has 1 nitrogen and oxygen atoms in total. The second kappa shape index (κ2) is 4.10. The van der Waals surface area contributed by atoms with Gasteiger partial charge in [-0.15, -0.1) is 0 Å². The van der Waals surface area contributed by atoms with Crippen molar-refractivity contribution in [1.82, 2.24) is 0 Å². The molecule has 0 saturated carbocycles. The predicted octanol–water partition coefficient (Wildman–Crippen LogP) is 2.05. The highest BCUT2D eigenvalue weighted by molar-refractivity contribution is 6.30. The molecule has 0 atom stereocenters. The fraction of sp³-hybridized carbons (Fsp3) is 0. The Bertz CT molecular complexity index is 168. The minimum Gasteiger partial charge on any atom is -0.298 e. The van der Waals surface area contributed by atoms with Crippen molar-refractivity contribution in [2.45, 2.75) is 0 Å². The average molecular weight is 143 g/mol. The van der Waals surface area contributed by atoms with Crippen LogP contribution in [0.1, 0.15) is 0 Å². The van der Waals surface area contributed by atoms with Gasteiger partial charge >= 0.3 is 0 Å². The van der Waals surface area contributed by atoms with Crippen molar-refractivity contribution in [1.29, 1.82) is 0 Å². The van der Waals surface area contributed by atoms with Gasteiger partial charge in [-0.05, 0) is 6.08 Å². The molecule has 0 bridgehead atoms. The van der Waals surface area contributed by atoms with E-state index in [2.05, 4.69) is 13.2 Å². The molecule has 48 valence electrons. The molecule has 0 N–H and O–H groups in total. The molecule has 0 amide bonds. The van der Waals surface area contributed by atoms with Crippen molar-refractivity contribution in [2.75, 3.05) is 0 Å². The van der Waals surface area contributed by atoms with Crippen molar-refractivity contribution in [2.24, 2.45) is 0 Å². The maximum Gasteiger partial charge on any atom is 0.149 e. The van der Waals surface area contributed by atoms with Crippen molar-refractivity contribution in [3.8, 4) is 0 Å². The fourth-order valence-electron chi connectivity index (χ4n) is 0.237. The van der Waals surface area contributed by atoms with Crippen LogP contribution in [0, 0.1) is 0 Å². The predicted molar refractivity (Wildman–Crippen MR) is 39.3 cm³/mol. The van der Waals surface area contributed by atoms with E-state index in [0.29, 0.717) is 16.9 Å². The van der Waals surface area contributed by atoms with Gasteiger partial charge in [0.1, 0.15) is 6.29 Å². The van der Waals surface area contributed by atoms with Crippen LogP contribution in [0.2, 0.25) is 0 Å². The lowest BCUT2D eigenvalue weighted by Gasteiger charge is -1.81. The highest BCUT2D eigenvalue weighted by Crippen LogP contribution is 1.99. The van der Waals surface area contributed by atoms with Crippen LogP contribution < -0.4 is 0 Å². The van der Waals surface area contributed by atoms with Crippen LogP contribution in [0.25, 0.3) is 0 Å². The zero-order valence-electron chi connectivity index (χ0n) is 4.93. The van der Waals surface area contributed by atoms with E-state index in [-0.39, 0.29) is 0 Å².